The Morgan fingerprint density at radius 2 is 2.19 bits per heavy atom. The number of H-pyrrole nitrogens is 1. The predicted molar refractivity (Wildman–Crippen MR) is 101 cm³/mol. The highest BCUT2D eigenvalue weighted by Crippen LogP contribution is 2.34. The van der Waals surface area contributed by atoms with E-state index in [4.69, 9.17) is 28.1 Å². The Morgan fingerprint density at radius 3 is 2.85 bits per heavy atom. The van der Waals surface area contributed by atoms with E-state index in [-0.39, 0.29) is 17.8 Å². The molecule has 0 bridgehead atoms. The van der Waals surface area contributed by atoms with Gasteiger partial charge in [0.25, 0.3) is 5.91 Å². The number of carbonyl (C=O) groups excluding carboxylic acids is 1. The molecular formula is C17H14B3N5O2. The molecule has 0 saturated heterocycles. The molecule has 1 aliphatic rings. The minimum Gasteiger partial charge on any atom is -0.345 e. The average Bonchev–Trinajstić information content (AvgIpc) is 3.33. The summed E-state index contributed by atoms with van der Waals surface area (Å²) in [6.45, 7) is 1.81. The zero-order valence-electron chi connectivity index (χ0n) is 14.7. The molecule has 0 saturated carbocycles. The molecule has 0 spiro atoms. The van der Waals surface area contributed by atoms with Crippen LogP contribution in [0, 0.1) is 6.92 Å². The second-order valence-corrected chi connectivity index (χ2v) is 6.74. The number of fused-ring (bicyclic) bond motifs is 1. The molecule has 4 rings (SSSR count). The summed E-state index contributed by atoms with van der Waals surface area (Å²) in [6.07, 6.45) is 3.18. The number of aryl methyl sites for hydroxylation is 2. The van der Waals surface area contributed by atoms with Crippen molar-refractivity contribution in [2.75, 3.05) is 0 Å². The summed E-state index contributed by atoms with van der Waals surface area (Å²) in [5, 5.41) is 11.9. The van der Waals surface area contributed by atoms with Gasteiger partial charge in [0, 0.05) is 11.3 Å². The Labute approximate surface area is 159 Å². The highest BCUT2D eigenvalue weighted by atomic mass is 16.5. The molecule has 27 heavy (non-hydrogen) atoms. The summed E-state index contributed by atoms with van der Waals surface area (Å²) in [6, 6.07) is 5.75. The van der Waals surface area contributed by atoms with E-state index in [1.54, 1.807) is 0 Å². The van der Waals surface area contributed by atoms with Crippen LogP contribution in [0.5, 0.6) is 0 Å². The van der Waals surface area contributed by atoms with E-state index in [2.05, 4.69) is 25.7 Å². The van der Waals surface area contributed by atoms with Gasteiger partial charge < -0.3 is 9.84 Å². The molecule has 0 unspecified atom stereocenters. The van der Waals surface area contributed by atoms with Crippen molar-refractivity contribution >= 4 is 29.4 Å². The number of nitrogens with one attached hydrogen (secondary N) is 2. The van der Waals surface area contributed by atoms with Crippen LogP contribution in [0.3, 0.4) is 0 Å². The molecule has 2 aromatic heterocycles. The number of aromatic amines is 1. The molecule has 6 radical (unpaired) electrons. The first-order valence-electron chi connectivity index (χ1n) is 8.48. The molecule has 0 aliphatic heterocycles. The zero-order valence-corrected chi connectivity index (χ0v) is 14.7. The van der Waals surface area contributed by atoms with Gasteiger partial charge in [-0.15, -0.1) is 0 Å². The predicted octanol–water partition coefficient (Wildman–Crippen LogP) is 0.801. The van der Waals surface area contributed by atoms with Crippen molar-refractivity contribution in [3.63, 3.8) is 0 Å². The molecule has 1 aromatic carbocycles. The van der Waals surface area contributed by atoms with Crippen LogP contribution in [-0.4, -0.2) is 49.8 Å². The molecule has 7 nitrogen and oxygen atoms in total. The first-order valence-corrected chi connectivity index (χ1v) is 8.48. The lowest BCUT2D eigenvalue weighted by Gasteiger charge is -2.14. The van der Waals surface area contributed by atoms with Crippen molar-refractivity contribution in [1.82, 2.24) is 25.7 Å². The minimum absolute atomic E-state index is 0.0429. The van der Waals surface area contributed by atoms with Gasteiger partial charge in [-0.3, -0.25) is 9.89 Å². The minimum atomic E-state index is -1.68. The number of hydrogen-bond donors (Lipinski definition) is 2. The van der Waals surface area contributed by atoms with Crippen LogP contribution >= 0.6 is 0 Å². The Bertz CT molecular complexity index is 1010. The lowest BCUT2D eigenvalue weighted by molar-refractivity contribution is 0.0936. The molecule has 0 fully saturated rings. The maximum atomic E-state index is 12.4. The van der Waals surface area contributed by atoms with Gasteiger partial charge in [-0.2, -0.15) is 10.1 Å². The monoisotopic (exact) mass is 353 g/mol. The molecule has 1 aliphatic carbocycles. The number of amides is 1. The Balaban J connectivity index is 1.55. The van der Waals surface area contributed by atoms with Gasteiger partial charge in [0.1, 0.15) is 0 Å². The van der Waals surface area contributed by atoms with Crippen molar-refractivity contribution in [2.45, 2.75) is 30.9 Å². The van der Waals surface area contributed by atoms with E-state index in [0.29, 0.717) is 11.4 Å². The van der Waals surface area contributed by atoms with Gasteiger partial charge in [-0.1, -0.05) is 22.4 Å². The van der Waals surface area contributed by atoms with E-state index in [1.165, 1.54) is 6.20 Å². The Morgan fingerprint density at radius 1 is 1.37 bits per heavy atom. The van der Waals surface area contributed by atoms with Crippen LogP contribution < -0.4 is 5.32 Å². The van der Waals surface area contributed by atoms with Crippen molar-refractivity contribution < 1.29 is 9.32 Å². The summed E-state index contributed by atoms with van der Waals surface area (Å²) in [7, 11) is 16.7. The fraction of sp³-hybridized carbons (Fsp3) is 0.294. The lowest BCUT2D eigenvalue weighted by Crippen LogP contribution is -2.27. The second kappa shape index (κ2) is 6.44. The fourth-order valence-electron chi connectivity index (χ4n) is 3.24. The maximum Gasteiger partial charge on any atom is 0.255 e. The van der Waals surface area contributed by atoms with Crippen molar-refractivity contribution in [3.8, 4) is 11.4 Å². The Kier molecular flexibility index (Phi) is 4.21. The molecule has 2 heterocycles. The van der Waals surface area contributed by atoms with E-state index >= 15 is 0 Å². The lowest BCUT2D eigenvalue weighted by atomic mass is 9.42. The van der Waals surface area contributed by atoms with Crippen LogP contribution in [0.15, 0.2) is 28.9 Å². The van der Waals surface area contributed by atoms with Gasteiger partial charge >= 0.3 is 0 Å². The third-order valence-corrected chi connectivity index (χ3v) is 4.66. The molecule has 3 aromatic rings. The number of hydrogen-bond acceptors (Lipinski definition) is 5. The average molecular weight is 353 g/mol. The molecule has 1 amide bonds. The van der Waals surface area contributed by atoms with Crippen molar-refractivity contribution in [1.29, 1.82) is 0 Å². The van der Waals surface area contributed by atoms with Crippen LogP contribution in [0.25, 0.3) is 11.4 Å². The van der Waals surface area contributed by atoms with Gasteiger partial charge in [0.05, 0.1) is 41.3 Å². The summed E-state index contributed by atoms with van der Waals surface area (Å²) < 4.78 is 5.03. The molecular weight excluding hydrogens is 339 g/mol. The highest BCUT2D eigenvalue weighted by molar-refractivity contribution is 6.58. The standard InChI is InChI=1S/C17H14B3N5O2/c1-8-12(7-21-24-8)15(26)22-13-5-3-9-6-10(2-4-11(9)13)14-23-16(27-25-14)17(18,19)20/h2,4,6-7,13H,3,5H2,1H3,(H,21,24)(H,22,26)/t13-/m1/s1. The first-order chi connectivity index (χ1) is 12.8. The molecule has 2 N–H and O–H groups in total. The number of aromatic nitrogens is 4. The van der Waals surface area contributed by atoms with E-state index in [9.17, 15) is 4.79 Å². The van der Waals surface area contributed by atoms with E-state index < -0.39 is 5.11 Å². The number of nitrogens with zero attached hydrogens (tertiary/aromatic N) is 3. The van der Waals surface area contributed by atoms with Gasteiger partial charge in [0.15, 0.2) is 0 Å². The summed E-state index contributed by atoms with van der Waals surface area (Å²) in [5.74, 6) is 0.176. The topological polar surface area (TPSA) is 96.7 Å². The maximum absolute atomic E-state index is 12.4. The second-order valence-electron chi connectivity index (χ2n) is 6.74. The van der Waals surface area contributed by atoms with Crippen LogP contribution in [0.1, 0.15) is 45.5 Å². The highest BCUT2D eigenvalue weighted by Gasteiger charge is 2.26. The number of benzene rings is 1. The van der Waals surface area contributed by atoms with Crippen LogP contribution in [0.4, 0.5) is 0 Å². The third-order valence-electron chi connectivity index (χ3n) is 4.66. The first kappa shape index (κ1) is 17.6. The van der Waals surface area contributed by atoms with E-state index in [1.807, 2.05) is 25.1 Å². The van der Waals surface area contributed by atoms with Gasteiger partial charge in [-0.05, 0) is 37.0 Å². The summed E-state index contributed by atoms with van der Waals surface area (Å²) >= 11 is 0. The van der Waals surface area contributed by atoms with E-state index in [0.717, 1.165) is 35.2 Å². The normalized spacial score (nSPS) is 16.3. The van der Waals surface area contributed by atoms with Gasteiger partial charge in [0.2, 0.25) is 11.7 Å². The third kappa shape index (κ3) is 3.31. The fourth-order valence-corrected chi connectivity index (χ4v) is 3.24. The van der Waals surface area contributed by atoms with Crippen molar-refractivity contribution in [3.05, 3.63) is 52.7 Å². The smallest absolute Gasteiger partial charge is 0.255 e. The molecule has 10 heteroatoms. The summed E-state index contributed by atoms with van der Waals surface area (Å²) in [5.41, 5.74) is 4.25. The summed E-state index contributed by atoms with van der Waals surface area (Å²) in [4.78, 5) is 16.6. The number of rotatable bonds is 4. The van der Waals surface area contributed by atoms with Crippen LogP contribution in [-0.2, 0) is 11.5 Å². The largest absolute Gasteiger partial charge is 0.345 e. The van der Waals surface area contributed by atoms with Crippen LogP contribution in [0.2, 0.25) is 0 Å². The Hall–Kier alpha value is -2.77. The quantitative estimate of drug-likeness (QED) is 0.677. The van der Waals surface area contributed by atoms with Crippen molar-refractivity contribution in [2.24, 2.45) is 0 Å². The van der Waals surface area contributed by atoms with Gasteiger partial charge in [-0.25, -0.2) is 0 Å². The SMILES string of the molecule is [B]C([B])([B])c1nc(-c2ccc3c(c2)CC[C@H]3NC(=O)c2cn[nH]c2C)no1. The molecule has 1 atom stereocenters. The molecule has 128 valence electrons. The number of carbonyl (C=O) groups is 1. The zero-order chi connectivity index (χ0) is 19.2.